The molecule has 0 bridgehead atoms. The maximum atomic E-state index is 12.5. The maximum Gasteiger partial charge on any atom is 0.244 e. The van der Waals surface area contributed by atoms with Crippen LogP contribution in [0.15, 0.2) is 30.6 Å². The Morgan fingerprint density at radius 1 is 1.28 bits per heavy atom. The van der Waals surface area contributed by atoms with Crippen LogP contribution in [0.5, 0.6) is 0 Å². The molecule has 3 rings (SSSR count). The Balaban J connectivity index is 0.00000156. The van der Waals surface area contributed by atoms with Crippen LogP contribution >= 0.6 is 24.8 Å². The first-order valence-corrected chi connectivity index (χ1v) is 8.21. The summed E-state index contributed by atoms with van der Waals surface area (Å²) in [5.41, 5.74) is 7.22. The number of amides is 1. The second-order valence-corrected chi connectivity index (χ2v) is 6.19. The first-order valence-electron chi connectivity index (χ1n) is 8.21. The summed E-state index contributed by atoms with van der Waals surface area (Å²) in [6, 6.07) is 7.66. The first-order chi connectivity index (χ1) is 11.1. The minimum atomic E-state index is -0.738. The zero-order chi connectivity index (χ0) is 16.3. The topological polar surface area (TPSA) is 85.8 Å². The molecule has 1 amide bonds. The standard InChI is InChI=1S/C17H23N5O.2ClH/c1-2-22-12-19-21-15(22)13-7-6-8-14(11-13)20-16(23)17(18)9-4-3-5-10-17;;/h6-8,11-12H,2-5,9-10,18H2,1H3,(H,20,23);2*1H. The molecule has 3 N–H and O–H groups in total. The predicted molar refractivity (Wildman–Crippen MR) is 104 cm³/mol. The van der Waals surface area contributed by atoms with Gasteiger partial charge in [-0.15, -0.1) is 35.0 Å². The van der Waals surface area contributed by atoms with Crippen LogP contribution in [0.1, 0.15) is 39.0 Å². The van der Waals surface area contributed by atoms with E-state index in [2.05, 4.69) is 15.5 Å². The molecule has 8 heteroatoms. The van der Waals surface area contributed by atoms with Crippen molar-refractivity contribution >= 4 is 36.4 Å². The van der Waals surface area contributed by atoms with E-state index in [1.54, 1.807) is 6.33 Å². The van der Waals surface area contributed by atoms with Gasteiger partial charge < -0.3 is 15.6 Å². The molecule has 1 fully saturated rings. The second-order valence-electron chi connectivity index (χ2n) is 6.19. The van der Waals surface area contributed by atoms with E-state index in [-0.39, 0.29) is 30.7 Å². The number of aryl methyl sites for hydroxylation is 1. The lowest BCUT2D eigenvalue weighted by atomic mass is 9.82. The van der Waals surface area contributed by atoms with Crippen molar-refractivity contribution < 1.29 is 4.79 Å². The fraction of sp³-hybridized carbons (Fsp3) is 0.471. The van der Waals surface area contributed by atoms with E-state index in [0.717, 1.165) is 55.7 Å². The van der Waals surface area contributed by atoms with Crippen molar-refractivity contribution in [3.05, 3.63) is 30.6 Å². The van der Waals surface area contributed by atoms with E-state index in [4.69, 9.17) is 5.73 Å². The van der Waals surface area contributed by atoms with Crippen LogP contribution in [-0.4, -0.2) is 26.2 Å². The minimum Gasteiger partial charge on any atom is -0.324 e. The lowest BCUT2D eigenvalue weighted by Crippen LogP contribution is -2.52. The molecule has 0 radical (unpaired) electrons. The summed E-state index contributed by atoms with van der Waals surface area (Å²) in [7, 11) is 0. The molecule has 0 unspecified atom stereocenters. The molecule has 0 saturated heterocycles. The summed E-state index contributed by atoms with van der Waals surface area (Å²) < 4.78 is 1.96. The molecule has 1 aromatic carbocycles. The summed E-state index contributed by atoms with van der Waals surface area (Å²) in [5, 5.41) is 11.1. The molecular weight excluding hydrogens is 361 g/mol. The number of halogens is 2. The molecule has 2 aromatic rings. The molecule has 0 atom stereocenters. The van der Waals surface area contributed by atoms with Crippen LogP contribution in [0.2, 0.25) is 0 Å². The molecule has 25 heavy (non-hydrogen) atoms. The fourth-order valence-corrected chi connectivity index (χ4v) is 3.11. The van der Waals surface area contributed by atoms with E-state index in [1.165, 1.54) is 0 Å². The van der Waals surface area contributed by atoms with E-state index in [1.807, 2.05) is 35.8 Å². The Kier molecular flexibility index (Phi) is 7.86. The maximum absolute atomic E-state index is 12.5. The number of aromatic nitrogens is 3. The van der Waals surface area contributed by atoms with Crippen LogP contribution in [0, 0.1) is 0 Å². The van der Waals surface area contributed by atoms with Crippen LogP contribution in [0.4, 0.5) is 5.69 Å². The number of nitrogens with two attached hydrogens (primary N) is 1. The molecular formula is C17H25Cl2N5O. The van der Waals surface area contributed by atoms with E-state index < -0.39 is 5.54 Å². The van der Waals surface area contributed by atoms with E-state index in [0.29, 0.717) is 0 Å². The highest BCUT2D eigenvalue weighted by atomic mass is 35.5. The molecule has 1 aliphatic carbocycles. The van der Waals surface area contributed by atoms with Gasteiger partial charge in [-0.1, -0.05) is 31.4 Å². The van der Waals surface area contributed by atoms with Crippen molar-refractivity contribution in [3.8, 4) is 11.4 Å². The summed E-state index contributed by atoms with van der Waals surface area (Å²) in [4.78, 5) is 12.5. The number of anilines is 1. The number of benzene rings is 1. The van der Waals surface area contributed by atoms with Gasteiger partial charge in [-0.2, -0.15) is 0 Å². The monoisotopic (exact) mass is 385 g/mol. The van der Waals surface area contributed by atoms with Gasteiger partial charge in [-0.3, -0.25) is 4.79 Å². The summed E-state index contributed by atoms with van der Waals surface area (Å²) in [5.74, 6) is 0.704. The predicted octanol–water partition coefficient (Wildman–Crippen LogP) is 3.41. The molecule has 0 aliphatic heterocycles. The van der Waals surface area contributed by atoms with Crippen LogP contribution in [0.3, 0.4) is 0 Å². The summed E-state index contributed by atoms with van der Waals surface area (Å²) in [6.45, 7) is 2.84. The molecule has 1 heterocycles. The number of carbonyl (C=O) groups excluding carboxylic acids is 1. The zero-order valence-corrected chi connectivity index (χ0v) is 15.9. The molecule has 0 spiro atoms. The summed E-state index contributed by atoms with van der Waals surface area (Å²) >= 11 is 0. The number of hydrogen-bond acceptors (Lipinski definition) is 4. The summed E-state index contributed by atoms with van der Waals surface area (Å²) in [6.07, 6.45) is 6.41. The molecule has 6 nitrogen and oxygen atoms in total. The van der Waals surface area contributed by atoms with Crippen molar-refractivity contribution in [1.29, 1.82) is 0 Å². The van der Waals surface area contributed by atoms with Gasteiger partial charge in [0.2, 0.25) is 5.91 Å². The number of hydrogen-bond donors (Lipinski definition) is 2. The van der Waals surface area contributed by atoms with Crippen molar-refractivity contribution in [2.75, 3.05) is 5.32 Å². The Morgan fingerprint density at radius 2 is 2.00 bits per heavy atom. The average Bonchev–Trinajstić information content (AvgIpc) is 3.04. The second kappa shape index (κ2) is 9.17. The van der Waals surface area contributed by atoms with Gasteiger partial charge in [0, 0.05) is 17.8 Å². The highest BCUT2D eigenvalue weighted by molar-refractivity contribution is 5.98. The third-order valence-corrected chi connectivity index (χ3v) is 4.53. The SMILES string of the molecule is CCn1cnnc1-c1cccc(NC(=O)C2(N)CCCCC2)c1.Cl.Cl. The van der Waals surface area contributed by atoms with Gasteiger partial charge in [-0.05, 0) is 31.9 Å². The van der Waals surface area contributed by atoms with Crippen molar-refractivity contribution in [2.45, 2.75) is 51.1 Å². The van der Waals surface area contributed by atoms with Gasteiger partial charge in [-0.25, -0.2) is 0 Å². The third-order valence-electron chi connectivity index (χ3n) is 4.53. The van der Waals surface area contributed by atoms with Gasteiger partial charge in [0.25, 0.3) is 0 Å². The number of nitrogens with zero attached hydrogens (tertiary/aromatic N) is 3. The fourth-order valence-electron chi connectivity index (χ4n) is 3.11. The van der Waals surface area contributed by atoms with Gasteiger partial charge in [0.1, 0.15) is 6.33 Å². The molecule has 1 aliphatic rings. The van der Waals surface area contributed by atoms with Gasteiger partial charge in [0.05, 0.1) is 5.54 Å². The quantitative estimate of drug-likeness (QED) is 0.843. The van der Waals surface area contributed by atoms with Crippen LogP contribution < -0.4 is 11.1 Å². The van der Waals surface area contributed by atoms with Crippen LogP contribution in [-0.2, 0) is 11.3 Å². The smallest absolute Gasteiger partial charge is 0.244 e. The number of nitrogens with one attached hydrogen (secondary N) is 1. The average molecular weight is 386 g/mol. The Morgan fingerprint density at radius 3 is 2.68 bits per heavy atom. The number of carbonyl (C=O) groups is 1. The van der Waals surface area contributed by atoms with E-state index in [9.17, 15) is 4.79 Å². The molecule has 1 aromatic heterocycles. The van der Waals surface area contributed by atoms with Gasteiger partial charge in [0.15, 0.2) is 5.82 Å². The highest BCUT2D eigenvalue weighted by Gasteiger charge is 2.35. The lowest BCUT2D eigenvalue weighted by Gasteiger charge is -2.31. The first kappa shape index (κ1) is 21.4. The molecule has 1 saturated carbocycles. The number of rotatable bonds is 4. The van der Waals surface area contributed by atoms with Crippen molar-refractivity contribution in [2.24, 2.45) is 5.73 Å². The Bertz CT molecular complexity index is 698. The third kappa shape index (κ3) is 4.71. The minimum absolute atomic E-state index is 0. The largest absolute Gasteiger partial charge is 0.324 e. The van der Waals surface area contributed by atoms with Crippen molar-refractivity contribution in [3.63, 3.8) is 0 Å². The molecule has 138 valence electrons. The van der Waals surface area contributed by atoms with Gasteiger partial charge >= 0.3 is 0 Å². The van der Waals surface area contributed by atoms with Crippen molar-refractivity contribution in [1.82, 2.24) is 14.8 Å². The Hall–Kier alpha value is -1.63. The normalized spacial score (nSPS) is 15.6. The van der Waals surface area contributed by atoms with E-state index >= 15 is 0 Å². The Labute approximate surface area is 160 Å². The lowest BCUT2D eigenvalue weighted by molar-refractivity contribution is -0.122. The highest BCUT2D eigenvalue weighted by Crippen LogP contribution is 2.28. The van der Waals surface area contributed by atoms with Crippen LogP contribution in [0.25, 0.3) is 11.4 Å². The zero-order valence-electron chi connectivity index (χ0n) is 14.3.